The fourth-order valence-electron chi connectivity index (χ4n) is 1.02. The number of ketones is 1. The summed E-state index contributed by atoms with van der Waals surface area (Å²) >= 11 is 1.63. The molecule has 2 unspecified atom stereocenters. The number of nitrogens with two attached hydrogens (primary N) is 1. The van der Waals surface area contributed by atoms with Crippen LogP contribution in [0.4, 0.5) is 0 Å². The summed E-state index contributed by atoms with van der Waals surface area (Å²) in [6.07, 6.45) is 2.07. The molecule has 0 aliphatic rings. The van der Waals surface area contributed by atoms with Crippen molar-refractivity contribution in [1.82, 2.24) is 0 Å². The predicted molar refractivity (Wildman–Crippen MR) is 57.2 cm³/mol. The van der Waals surface area contributed by atoms with Crippen LogP contribution in [-0.2, 0) is 14.3 Å². The fourth-order valence-corrected chi connectivity index (χ4v) is 1.49. The first-order chi connectivity index (χ1) is 6.49. The molecule has 4 nitrogen and oxygen atoms in total. The summed E-state index contributed by atoms with van der Waals surface area (Å²) in [5.74, 6) is 0.268. The van der Waals surface area contributed by atoms with Crippen LogP contribution in [0, 0.1) is 0 Å². The molecule has 14 heavy (non-hydrogen) atoms. The van der Waals surface area contributed by atoms with Gasteiger partial charge in [-0.1, -0.05) is 0 Å². The Labute approximate surface area is 88.6 Å². The van der Waals surface area contributed by atoms with Gasteiger partial charge in [0.05, 0.1) is 0 Å². The molecular weight excluding hydrogens is 202 g/mol. The van der Waals surface area contributed by atoms with Gasteiger partial charge in [0.2, 0.25) is 0 Å². The summed E-state index contributed by atoms with van der Waals surface area (Å²) in [6.45, 7) is 2.72. The topological polar surface area (TPSA) is 69.4 Å². The lowest BCUT2D eigenvalue weighted by Gasteiger charge is -2.21. The van der Waals surface area contributed by atoms with Gasteiger partial charge in [0.15, 0.2) is 0 Å². The van der Waals surface area contributed by atoms with Crippen LogP contribution in [0.1, 0.15) is 20.3 Å². The van der Waals surface area contributed by atoms with Gasteiger partial charge in [-0.2, -0.15) is 11.8 Å². The summed E-state index contributed by atoms with van der Waals surface area (Å²) in [6, 6.07) is -0.703. The number of esters is 1. The Morgan fingerprint density at radius 2 is 2.00 bits per heavy atom. The lowest BCUT2D eigenvalue weighted by Crippen LogP contribution is -2.43. The van der Waals surface area contributed by atoms with Crippen molar-refractivity contribution < 1.29 is 14.3 Å². The maximum Gasteiger partial charge on any atom is 0.302 e. The van der Waals surface area contributed by atoms with Gasteiger partial charge >= 0.3 is 5.97 Å². The molecule has 2 atom stereocenters. The number of hydrogen-bond donors (Lipinski definition) is 1. The van der Waals surface area contributed by atoms with E-state index in [4.69, 9.17) is 10.5 Å². The zero-order chi connectivity index (χ0) is 11.1. The monoisotopic (exact) mass is 219 g/mol. The molecule has 2 N–H and O–H groups in total. The van der Waals surface area contributed by atoms with E-state index in [1.165, 1.54) is 13.8 Å². The highest BCUT2D eigenvalue weighted by molar-refractivity contribution is 7.98. The molecule has 0 aromatic rings. The van der Waals surface area contributed by atoms with E-state index in [1.807, 2.05) is 6.26 Å². The quantitative estimate of drug-likeness (QED) is 0.662. The fraction of sp³-hybridized carbons (Fsp3) is 0.778. The molecule has 0 spiro atoms. The Hall–Kier alpha value is -0.550. The number of hydrogen-bond acceptors (Lipinski definition) is 5. The lowest BCUT2D eigenvalue weighted by molar-refractivity contribution is -0.148. The summed E-state index contributed by atoms with van der Waals surface area (Å²) < 4.78 is 4.98. The van der Waals surface area contributed by atoms with Crippen molar-refractivity contribution in [1.29, 1.82) is 0 Å². The highest BCUT2D eigenvalue weighted by Gasteiger charge is 2.23. The highest BCUT2D eigenvalue weighted by atomic mass is 32.2. The number of thioether (sulfide) groups is 1. The number of ether oxygens (including phenoxy) is 1. The van der Waals surface area contributed by atoms with Crippen molar-refractivity contribution >= 4 is 23.5 Å². The summed E-state index contributed by atoms with van der Waals surface area (Å²) in [4.78, 5) is 21.8. The van der Waals surface area contributed by atoms with Gasteiger partial charge in [-0.15, -0.1) is 0 Å². The molecule has 0 aromatic heterocycles. The van der Waals surface area contributed by atoms with Crippen molar-refractivity contribution in [2.45, 2.75) is 32.4 Å². The van der Waals surface area contributed by atoms with Crippen LogP contribution in [0.25, 0.3) is 0 Å². The zero-order valence-corrected chi connectivity index (χ0v) is 9.60. The van der Waals surface area contributed by atoms with Gasteiger partial charge in [-0.25, -0.2) is 0 Å². The van der Waals surface area contributed by atoms with E-state index in [0.29, 0.717) is 6.42 Å². The van der Waals surface area contributed by atoms with E-state index in [0.717, 1.165) is 5.75 Å². The molecule has 0 aliphatic heterocycles. The molecular formula is C9H17NO3S. The normalized spacial score (nSPS) is 14.6. The second kappa shape index (κ2) is 6.84. The van der Waals surface area contributed by atoms with Crippen molar-refractivity contribution in [3.63, 3.8) is 0 Å². The minimum absolute atomic E-state index is 0.155. The summed E-state index contributed by atoms with van der Waals surface area (Å²) in [5, 5.41) is 0. The van der Waals surface area contributed by atoms with E-state index in [1.54, 1.807) is 11.8 Å². The van der Waals surface area contributed by atoms with Crippen LogP contribution < -0.4 is 5.73 Å². The Morgan fingerprint density at radius 3 is 2.36 bits per heavy atom. The third kappa shape index (κ3) is 5.24. The first kappa shape index (κ1) is 13.4. The summed E-state index contributed by atoms with van der Waals surface area (Å²) in [7, 11) is 0. The minimum Gasteiger partial charge on any atom is -0.460 e. The van der Waals surface area contributed by atoms with E-state index in [9.17, 15) is 9.59 Å². The van der Waals surface area contributed by atoms with Crippen LogP contribution in [0.15, 0.2) is 0 Å². The molecule has 0 saturated carbocycles. The van der Waals surface area contributed by atoms with Gasteiger partial charge in [0.1, 0.15) is 17.9 Å². The molecule has 0 amide bonds. The lowest BCUT2D eigenvalue weighted by atomic mass is 10.1. The number of carbonyl (C=O) groups is 2. The molecule has 82 valence electrons. The minimum atomic E-state index is -0.703. The number of carbonyl (C=O) groups excluding carboxylic acids is 2. The van der Waals surface area contributed by atoms with Crippen LogP contribution in [0.2, 0.25) is 0 Å². The smallest absolute Gasteiger partial charge is 0.302 e. The first-order valence-corrected chi connectivity index (χ1v) is 5.80. The van der Waals surface area contributed by atoms with Crippen molar-refractivity contribution in [2.75, 3.05) is 12.0 Å². The first-order valence-electron chi connectivity index (χ1n) is 4.41. The third-order valence-corrected chi connectivity index (χ3v) is 2.44. The Kier molecular flexibility index (Phi) is 6.57. The molecule has 5 heteroatoms. The Bertz CT molecular complexity index is 208. The molecule has 0 bridgehead atoms. The second-order valence-electron chi connectivity index (χ2n) is 3.07. The molecule has 0 rings (SSSR count). The van der Waals surface area contributed by atoms with Gasteiger partial charge in [-0.05, 0) is 25.4 Å². The average molecular weight is 219 g/mol. The van der Waals surface area contributed by atoms with E-state index in [-0.39, 0.29) is 5.78 Å². The van der Waals surface area contributed by atoms with Gasteiger partial charge in [0.25, 0.3) is 0 Å². The van der Waals surface area contributed by atoms with E-state index < -0.39 is 18.1 Å². The standard InChI is InChI=1S/C9H17NO3S/c1-6(11)9(10)8(4-5-14-3)13-7(2)12/h8-9H,4-5,10H2,1-3H3. The maximum absolute atomic E-state index is 11.0. The highest BCUT2D eigenvalue weighted by Crippen LogP contribution is 2.08. The molecule has 0 aliphatic carbocycles. The van der Waals surface area contributed by atoms with Crippen molar-refractivity contribution in [3.05, 3.63) is 0 Å². The van der Waals surface area contributed by atoms with Crippen molar-refractivity contribution in [3.8, 4) is 0 Å². The maximum atomic E-state index is 11.0. The summed E-state index contributed by atoms with van der Waals surface area (Å²) in [5.41, 5.74) is 5.61. The van der Waals surface area contributed by atoms with Gasteiger partial charge in [-0.3, -0.25) is 9.59 Å². The number of rotatable bonds is 6. The SMILES string of the molecule is CSCCC(OC(C)=O)C(N)C(C)=O. The van der Waals surface area contributed by atoms with Gasteiger partial charge in [0, 0.05) is 6.92 Å². The average Bonchev–Trinajstić information content (AvgIpc) is 2.10. The van der Waals surface area contributed by atoms with Crippen LogP contribution >= 0.6 is 11.8 Å². The molecule has 0 fully saturated rings. The zero-order valence-electron chi connectivity index (χ0n) is 8.78. The van der Waals surface area contributed by atoms with Crippen molar-refractivity contribution in [2.24, 2.45) is 5.73 Å². The predicted octanol–water partition coefficient (Wildman–Crippen LogP) is 0.587. The number of Topliss-reactive ketones (excluding diaryl/α,β-unsaturated/α-hetero) is 1. The van der Waals surface area contributed by atoms with E-state index >= 15 is 0 Å². The van der Waals surface area contributed by atoms with Crippen LogP contribution in [0.3, 0.4) is 0 Å². The molecule has 0 heterocycles. The van der Waals surface area contributed by atoms with Crippen LogP contribution in [-0.4, -0.2) is 35.9 Å². The molecule has 0 aromatic carbocycles. The molecule has 0 saturated heterocycles. The third-order valence-electron chi connectivity index (χ3n) is 1.79. The van der Waals surface area contributed by atoms with Crippen LogP contribution in [0.5, 0.6) is 0 Å². The largest absolute Gasteiger partial charge is 0.460 e. The second-order valence-corrected chi connectivity index (χ2v) is 4.05. The Morgan fingerprint density at radius 1 is 1.43 bits per heavy atom. The molecule has 0 radical (unpaired) electrons. The Balaban J connectivity index is 4.22. The van der Waals surface area contributed by atoms with E-state index in [2.05, 4.69) is 0 Å². The van der Waals surface area contributed by atoms with Gasteiger partial charge < -0.3 is 10.5 Å².